The third-order valence-electron chi connectivity index (χ3n) is 4.74. The Bertz CT molecular complexity index is 999. The fourth-order valence-corrected chi connectivity index (χ4v) is 3.19. The molecule has 4 heteroatoms. The van der Waals surface area contributed by atoms with E-state index in [1.807, 2.05) is 69.3 Å². The van der Waals surface area contributed by atoms with Crippen molar-refractivity contribution in [2.75, 3.05) is 0 Å². The number of carbonyl (C=O) groups is 1. The summed E-state index contributed by atoms with van der Waals surface area (Å²) in [7, 11) is 0. The second kappa shape index (κ2) is 11.7. The van der Waals surface area contributed by atoms with Crippen molar-refractivity contribution in [3.63, 3.8) is 0 Å². The van der Waals surface area contributed by atoms with Gasteiger partial charge in [-0.3, -0.25) is 4.79 Å². The molecule has 0 bridgehead atoms. The van der Waals surface area contributed by atoms with Gasteiger partial charge in [0.1, 0.15) is 0 Å². The lowest BCUT2D eigenvalue weighted by Gasteiger charge is -2.12. The van der Waals surface area contributed by atoms with Crippen molar-refractivity contribution in [3.8, 4) is 16.8 Å². The van der Waals surface area contributed by atoms with E-state index in [9.17, 15) is 9.18 Å². The zero-order chi connectivity index (χ0) is 21.9. The van der Waals surface area contributed by atoms with E-state index in [0.717, 1.165) is 28.7 Å². The highest BCUT2D eigenvalue weighted by atomic mass is 19.1. The summed E-state index contributed by atoms with van der Waals surface area (Å²) in [6.45, 7) is 7.58. The minimum atomic E-state index is -0.162. The first-order valence-electron chi connectivity index (χ1n) is 10.3. The molecule has 0 spiro atoms. The Balaban J connectivity index is 0.00000155. The average molecular weight is 405 g/mol. The maximum atomic E-state index is 13.6. The zero-order valence-electron chi connectivity index (χ0n) is 18.1. The minimum absolute atomic E-state index is 0.162. The molecule has 1 heterocycles. The average Bonchev–Trinajstić information content (AvgIpc) is 3.25. The van der Waals surface area contributed by atoms with Crippen LogP contribution in [0.5, 0.6) is 0 Å². The van der Waals surface area contributed by atoms with Crippen LogP contribution in [0.1, 0.15) is 56.6 Å². The molecule has 2 aromatic carbocycles. The Labute approximate surface area is 178 Å². The van der Waals surface area contributed by atoms with Gasteiger partial charge in [-0.2, -0.15) is 5.10 Å². The van der Waals surface area contributed by atoms with Gasteiger partial charge in [-0.1, -0.05) is 68.5 Å². The summed E-state index contributed by atoms with van der Waals surface area (Å²) in [4.78, 5) is 11.6. The Morgan fingerprint density at radius 3 is 2.13 bits per heavy atom. The quantitative estimate of drug-likeness (QED) is 0.384. The largest absolute Gasteiger partial charge is 0.298 e. The van der Waals surface area contributed by atoms with Crippen LogP contribution < -0.4 is 0 Å². The molecule has 0 atom stereocenters. The van der Waals surface area contributed by atoms with Crippen molar-refractivity contribution in [3.05, 3.63) is 90.0 Å². The fraction of sp³-hybridized carbons (Fsp3) is 0.231. The molecule has 0 unspecified atom stereocenters. The summed E-state index contributed by atoms with van der Waals surface area (Å²) in [6, 6.07) is 18.2. The third kappa shape index (κ3) is 5.41. The monoisotopic (exact) mass is 404 g/mol. The van der Waals surface area contributed by atoms with Gasteiger partial charge < -0.3 is 0 Å². The van der Waals surface area contributed by atoms with Crippen LogP contribution in [0.2, 0.25) is 0 Å². The van der Waals surface area contributed by atoms with Crippen molar-refractivity contribution < 1.29 is 9.18 Å². The van der Waals surface area contributed by atoms with Crippen LogP contribution in [0.4, 0.5) is 4.39 Å². The van der Waals surface area contributed by atoms with Gasteiger partial charge in [0.05, 0.1) is 29.0 Å². The summed E-state index contributed by atoms with van der Waals surface area (Å²) in [5.41, 5.74) is 5.21. The Hall–Kier alpha value is -3.27. The second-order valence-electron chi connectivity index (χ2n) is 6.44. The molecular weight excluding hydrogens is 375 g/mol. The molecule has 30 heavy (non-hydrogen) atoms. The molecule has 0 aliphatic heterocycles. The summed E-state index contributed by atoms with van der Waals surface area (Å²) in [6.07, 6.45) is 6.54. The molecule has 0 aliphatic rings. The molecule has 0 radical (unpaired) electrons. The molecule has 156 valence electrons. The van der Waals surface area contributed by atoms with Gasteiger partial charge in [0.15, 0.2) is 6.29 Å². The predicted molar refractivity (Wildman–Crippen MR) is 123 cm³/mol. The van der Waals surface area contributed by atoms with Crippen LogP contribution in [0.25, 0.3) is 22.4 Å². The number of aromatic nitrogens is 2. The normalized spacial score (nSPS) is 11.6. The molecule has 3 aromatic rings. The van der Waals surface area contributed by atoms with Crippen molar-refractivity contribution in [1.82, 2.24) is 9.78 Å². The summed E-state index contributed by atoms with van der Waals surface area (Å²) in [5.74, 6) is -0.162. The van der Waals surface area contributed by atoms with Gasteiger partial charge in [0.2, 0.25) is 0 Å². The van der Waals surface area contributed by atoms with E-state index >= 15 is 0 Å². The highest BCUT2D eigenvalue weighted by Crippen LogP contribution is 2.28. The van der Waals surface area contributed by atoms with E-state index < -0.39 is 0 Å². The van der Waals surface area contributed by atoms with Gasteiger partial charge in [-0.25, -0.2) is 9.07 Å². The highest BCUT2D eigenvalue weighted by Gasteiger charge is 2.16. The molecule has 3 nitrogen and oxygen atoms in total. The topological polar surface area (TPSA) is 34.9 Å². The number of hydrogen-bond donors (Lipinski definition) is 0. The lowest BCUT2D eigenvalue weighted by Crippen LogP contribution is -2.04. The van der Waals surface area contributed by atoms with Gasteiger partial charge >= 0.3 is 0 Å². The smallest absolute Gasteiger partial charge is 0.153 e. The van der Waals surface area contributed by atoms with Gasteiger partial charge in [-0.15, -0.1) is 0 Å². The van der Waals surface area contributed by atoms with E-state index in [1.54, 1.807) is 17.8 Å². The molecular formula is C26H29FN2O. The SMILES string of the molecule is C/C=C(/F)CC/C(=C\C)c1c(C=O)cnn1-c1ccc(-c2ccccc2)cc1.CC. The van der Waals surface area contributed by atoms with Gasteiger partial charge in [-0.05, 0) is 49.1 Å². The summed E-state index contributed by atoms with van der Waals surface area (Å²) < 4.78 is 15.4. The van der Waals surface area contributed by atoms with Crippen LogP contribution in [0, 0.1) is 0 Å². The van der Waals surface area contributed by atoms with Crippen molar-refractivity contribution in [2.45, 2.75) is 40.5 Å². The summed E-state index contributed by atoms with van der Waals surface area (Å²) >= 11 is 0. The number of rotatable bonds is 7. The standard InChI is InChI=1S/C24H23FN2O.C2H6/c1-3-18(10-13-22(25)4-2)24-21(17-28)16-26-27(24)23-14-11-20(12-15-23)19-8-6-5-7-9-19;1-2/h3-9,11-12,14-17H,10,13H2,1-2H3;1-2H3/b18-3+,22-4+;. The number of allylic oxidation sites excluding steroid dienone is 4. The fourth-order valence-electron chi connectivity index (χ4n) is 3.19. The highest BCUT2D eigenvalue weighted by molar-refractivity contribution is 5.84. The zero-order valence-corrected chi connectivity index (χ0v) is 18.1. The summed E-state index contributed by atoms with van der Waals surface area (Å²) in [5, 5.41) is 4.41. The number of nitrogens with zero attached hydrogens (tertiary/aromatic N) is 2. The van der Waals surface area contributed by atoms with E-state index in [0.29, 0.717) is 24.1 Å². The van der Waals surface area contributed by atoms with Crippen molar-refractivity contribution in [2.24, 2.45) is 0 Å². The molecule has 0 aliphatic carbocycles. The van der Waals surface area contributed by atoms with Crippen LogP contribution >= 0.6 is 0 Å². The molecule has 0 saturated heterocycles. The maximum absolute atomic E-state index is 13.6. The van der Waals surface area contributed by atoms with E-state index in [2.05, 4.69) is 17.2 Å². The van der Waals surface area contributed by atoms with Crippen LogP contribution in [-0.4, -0.2) is 16.1 Å². The number of carbonyl (C=O) groups excluding carboxylic acids is 1. The van der Waals surface area contributed by atoms with Crippen LogP contribution in [-0.2, 0) is 0 Å². The predicted octanol–water partition coefficient (Wildman–Crippen LogP) is 7.43. The van der Waals surface area contributed by atoms with Crippen molar-refractivity contribution >= 4 is 11.9 Å². The first-order chi connectivity index (χ1) is 14.7. The van der Waals surface area contributed by atoms with Gasteiger partial charge in [0, 0.05) is 6.42 Å². The molecule has 0 N–H and O–H groups in total. The van der Waals surface area contributed by atoms with E-state index in [-0.39, 0.29) is 5.83 Å². The van der Waals surface area contributed by atoms with Crippen LogP contribution in [0.15, 0.2) is 78.8 Å². The lowest BCUT2D eigenvalue weighted by atomic mass is 10.0. The van der Waals surface area contributed by atoms with Gasteiger partial charge in [0.25, 0.3) is 0 Å². The second-order valence-corrected chi connectivity index (χ2v) is 6.44. The molecule has 0 amide bonds. The number of benzene rings is 2. The Kier molecular flexibility index (Phi) is 8.95. The maximum Gasteiger partial charge on any atom is 0.153 e. The minimum Gasteiger partial charge on any atom is -0.298 e. The first-order valence-corrected chi connectivity index (χ1v) is 10.3. The molecule has 1 aromatic heterocycles. The lowest BCUT2D eigenvalue weighted by molar-refractivity contribution is 0.112. The third-order valence-corrected chi connectivity index (χ3v) is 4.74. The van der Waals surface area contributed by atoms with Crippen LogP contribution in [0.3, 0.4) is 0 Å². The molecule has 0 saturated carbocycles. The van der Waals surface area contributed by atoms with Crippen molar-refractivity contribution in [1.29, 1.82) is 0 Å². The Morgan fingerprint density at radius 1 is 0.933 bits per heavy atom. The van der Waals surface area contributed by atoms with E-state index in [1.165, 1.54) is 6.08 Å². The van der Waals surface area contributed by atoms with E-state index in [4.69, 9.17) is 0 Å². The number of halogens is 1. The Morgan fingerprint density at radius 2 is 1.57 bits per heavy atom. The number of hydrogen-bond acceptors (Lipinski definition) is 2. The first kappa shape index (κ1) is 23.0. The number of aldehydes is 1. The molecule has 3 rings (SSSR count). The molecule has 0 fully saturated rings.